The first kappa shape index (κ1) is 16.1. The lowest BCUT2D eigenvalue weighted by atomic mass is 10.2. The minimum atomic E-state index is -0.691. The molecule has 0 aliphatic heterocycles. The fourth-order valence-electron chi connectivity index (χ4n) is 1.52. The summed E-state index contributed by atoms with van der Waals surface area (Å²) in [5.74, 6) is -0.789. The average molecular weight is 340 g/mol. The fraction of sp³-hybridized carbons (Fsp3) is 0.385. The second kappa shape index (κ2) is 7.60. The van der Waals surface area contributed by atoms with E-state index in [-0.39, 0.29) is 18.2 Å². The van der Waals surface area contributed by atoms with Gasteiger partial charge in [-0.25, -0.2) is 4.98 Å². The molecular weight excluding hydrogens is 326 g/mol. The van der Waals surface area contributed by atoms with Gasteiger partial charge < -0.3 is 9.64 Å². The summed E-state index contributed by atoms with van der Waals surface area (Å²) in [6.45, 7) is 4.99. The Labute approximate surface area is 125 Å². The van der Waals surface area contributed by atoms with Gasteiger partial charge in [0, 0.05) is 19.3 Å². The molecule has 1 rings (SSSR count). The monoisotopic (exact) mass is 339 g/mol. The third-order valence-corrected chi connectivity index (χ3v) is 3.11. The van der Waals surface area contributed by atoms with Gasteiger partial charge in [-0.05, 0) is 35.8 Å². The van der Waals surface area contributed by atoms with Crippen LogP contribution >= 0.6 is 15.9 Å². The SMILES string of the molecule is CCN(CC)C(=O)c1cnc(OC(=O)CC#N)c(Br)c1. The predicted octanol–water partition coefficient (Wildman–Crippen LogP) is 2.15. The van der Waals surface area contributed by atoms with Crippen LogP contribution in [0.3, 0.4) is 0 Å². The van der Waals surface area contributed by atoms with Crippen molar-refractivity contribution in [1.29, 1.82) is 5.26 Å². The molecule has 20 heavy (non-hydrogen) atoms. The van der Waals surface area contributed by atoms with Gasteiger partial charge in [0.1, 0.15) is 6.42 Å². The van der Waals surface area contributed by atoms with Crippen molar-refractivity contribution in [2.45, 2.75) is 20.3 Å². The van der Waals surface area contributed by atoms with Crippen molar-refractivity contribution < 1.29 is 14.3 Å². The smallest absolute Gasteiger partial charge is 0.326 e. The Balaban J connectivity index is 2.91. The molecule has 0 fully saturated rings. The molecule has 1 heterocycles. The van der Waals surface area contributed by atoms with Crippen molar-refractivity contribution >= 4 is 27.8 Å². The Hall–Kier alpha value is -1.94. The molecule has 0 N–H and O–H groups in total. The Morgan fingerprint density at radius 2 is 2.10 bits per heavy atom. The van der Waals surface area contributed by atoms with E-state index in [1.807, 2.05) is 13.8 Å². The number of pyridine rings is 1. The summed E-state index contributed by atoms with van der Waals surface area (Å²) >= 11 is 3.19. The number of carbonyl (C=O) groups is 2. The number of carbonyl (C=O) groups excluding carboxylic acids is 2. The van der Waals surface area contributed by atoms with E-state index in [1.54, 1.807) is 17.0 Å². The number of esters is 1. The number of nitrogens with zero attached hydrogens (tertiary/aromatic N) is 3. The summed E-state index contributed by atoms with van der Waals surface area (Å²) in [7, 11) is 0. The van der Waals surface area contributed by atoms with Crippen LogP contribution in [-0.2, 0) is 4.79 Å². The number of hydrogen-bond acceptors (Lipinski definition) is 5. The zero-order chi connectivity index (χ0) is 15.1. The van der Waals surface area contributed by atoms with Crippen LogP contribution in [0, 0.1) is 11.3 Å². The van der Waals surface area contributed by atoms with Gasteiger partial charge in [0.15, 0.2) is 0 Å². The number of amides is 1. The summed E-state index contributed by atoms with van der Waals surface area (Å²) in [5, 5.41) is 8.38. The van der Waals surface area contributed by atoms with Crippen molar-refractivity contribution in [3.8, 4) is 11.9 Å². The minimum absolute atomic E-state index is 0.0429. The highest BCUT2D eigenvalue weighted by Gasteiger charge is 2.16. The Morgan fingerprint density at radius 3 is 2.60 bits per heavy atom. The number of nitriles is 1. The van der Waals surface area contributed by atoms with Crippen LogP contribution in [0.2, 0.25) is 0 Å². The number of hydrogen-bond donors (Lipinski definition) is 0. The second-order valence-electron chi connectivity index (χ2n) is 3.80. The van der Waals surface area contributed by atoms with Crippen molar-refractivity contribution in [3.63, 3.8) is 0 Å². The van der Waals surface area contributed by atoms with Crippen LogP contribution in [0.1, 0.15) is 30.6 Å². The van der Waals surface area contributed by atoms with E-state index in [2.05, 4.69) is 20.9 Å². The highest BCUT2D eigenvalue weighted by molar-refractivity contribution is 9.10. The lowest BCUT2D eigenvalue weighted by Gasteiger charge is -2.18. The maximum absolute atomic E-state index is 12.1. The molecule has 0 radical (unpaired) electrons. The molecule has 1 aromatic rings. The number of ether oxygens (including phenoxy) is 1. The summed E-state index contributed by atoms with van der Waals surface area (Å²) in [5.41, 5.74) is 0.403. The molecule has 0 atom stereocenters. The van der Waals surface area contributed by atoms with E-state index < -0.39 is 5.97 Å². The van der Waals surface area contributed by atoms with Crippen LogP contribution in [0.4, 0.5) is 0 Å². The van der Waals surface area contributed by atoms with Crippen LogP contribution in [0.5, 0.6) is 5.88 Å². The number of halogens is 1. The molecule has 106 valence electrons. The third-order valence-electron chi connectivity index (χ3n) is 2.54. The average Bonchev–Trinajstić information content (AvgIpc) is 2.42. The molecule has 0 saturated carbocycles. The number of rotatable bonds is 5. The van der Waals surface area contributed by atoms with Crippen molar-refractivity contribution in [1.82, 2.24) is 9.88 Å². The van der Waals surface area contributed by atoms with Crippen LogP contribution in [0.15, 0.2) is 16.7 Å². The first-order valence-electron chi connectivity index (χ1n) is 6.05. The zero-order valence-electron chi connectivity index (χ0n) is 11.2. The van der Waals surface area contributed by atoms with Gasteiger partial charge in [0.05, 0.1) is 16.1 Å². The molecule has 0 bridgehead atoms. The molecule has 1 amide bonds. The minimum Gasteiger partial charge on any atom is -0.405 e. The third kappa shape index (κ3) is 4.03. The summed E-state index contributed by atoms with van der Waals surface area (Å²) in [6.07, 6.45) is 0.995. The van der Waals surface area contributed by atoms with Gasteiger partial charge in [0.2, 0.25) is 5.88 Å². The lowest BCUT2D eigenvalue weighted by Crippen LogP contribution is -2.30. The first-order valence-corrected chi connectivity index (χ1v) is 6.85. The van der Waals surface area contributed by atoms with E-state index in [4.69, 9.17) is 10.00 Å². The standard InChI is InChI=1S/C13H14BrN3O3/c1-3-17(4-2)13(19)9-7-10(14)12(16-8-9)20-11(18)5-6-15/h7-8H,3-5H2,1-2H3. The van der Waals surface area contributed by atoms with E-state index in [9.17, 15) is 9.59 Å². The second-order valence-corrected chi connectivity index (χ2v) is 4.65. The summed E-state index contributed by atoms with van der Waals surface area (Å²) < 4.78 is 5.28. The zero-order valence-corrected chi connectivity index (χ0v) is 12.8. The molecule has 0 saturated heterocycles. The Bertz CT molecular complexity index is 550. The van der Waals surface area contributed by atoms with Crippen molar-refractivity contribution in [2.75, 3.05) is 13.1 Å². The number of aromatic nitrogens is 1. The Kier molecular flexibility index (Phi) is 6.12. The van der Waals surface area contributed by atoms with Gasteiger partial charge in [-0.1, -0.05) is 0 Å². The molecule has 6 nitrogen and oxygen atoms in total. The molecule has 7 heteroatoms. The molecular formula is C13H14BrN3O3. The Morgan fingerprint density at radius 1 is 1.45 bits per heavy atom. The maximum atomic E-state index is 12.1. The molecule has 0 unspecified atom stereocenters. The van der Waals surface area contributed by atoms with E-state index >= 15 is 0 Å². The van der Waals surface area contributed by atoms with Crippen molar-refractivity contribution in [3.05, 3.63) is 22.3 Å². The topological polar surface area (TPSA) is 83.3 Å². The van der Waals surface area contributed by atoms with Crippen molar-refractivity contribution in [2.24, 2.45) is 0 Å². The molecule has 0 spiro atoms. The van der Waals surface area contributed by atoms with Gasteiger partial charge in [-0.3, -0.25) is 9.59 Å². The van der Waals surface area contributed by atoms with E-state index in [0.29, 0.717) is 23.1 Å². The molecule has 0 aliphatic rings. The van der Waals surface area contributed by atoms with Gasteiger partial charge in [-0.15, -0.1) is 0 Å². The molecule has 1 aromatic heterocycles. The van der Waals surface area contributed by atoms with Crippen LogP contribution < -0.4 is 4.74 Å². The molecule has 0 aromatic carbocycles. The van der Waals surface area contributed by atoms with Gasteiger partial charge in [-0.2, -0.15) is 5.26 Å². The predicted molar refractivity (Wildman–Crippen MR) is 75.1 cm³/mol. The largest absolute Gasteiger partial charge is 0.405 e. The highest BCUT2D eigenvalue weighted by atomic mass is 79.9. The molecule has 0 aliphatic carbocycles. The van der Waals surface area contributed by atoms with Crippen LogP contribution in [0.25, 0.3) is 0 Å². The van der Waals surface area contributed by atoms with Gasteiger partial charge >= 0.3 is 5.97 Å². The highest BCUT2D eigenvalue weighted by Crippen LogP contribution is 2.24. The van der Waals surface area contributed by atoms with E-state index in [0.717, 1.165) is 0 Å². The van der Waals surface area contributed by atoms with Gasteiger partial charge in [0.25, 0.3) is 5.91 Å². The van der Waals surface area contributed by atoms with E-state index in [1.165, 1.54) is 6.20 Å². The first-order chi connectivity index (χ1) is 9.53. The quantitative estimate of drug-likeness (QED) is 0.767. The normalized spacial score (nSPS) is 9.70. The summed E-state index contributed by atoms with van der Waals surface area (Å²) in [4.78, 5) is 28.9. The summed E-state index contributed by atoms with van der Waals surface area (Å²) in [6, 6.07) is 3.23. The maximum Gasteiger partial charge on any atom is 0.326 e. The lowest BCUT2D eigenvalue weighted by molar-refractivity contribution is -0.133. The fourth-order valence-corrected chi connectivity index (χ4v) is 1.95. The van der Waals surface area contributed by atoms with Crippen LogP contribution in [-0.4, -0.2) is 34.8 Å².